The molecule has 3 unspecified atom stereocenters. The molecule has 0 aromatic carbocycles. The number of hydrogen-bond acceptors (Lipinski definition) is 7. The lowest BCUT2D eigenvalue weighted by Gasteiger charge is -2.22. The average molecular weight is 390 g/mol. The van der Waals surface area contributed by atoms with Gasteiger partial charge in [-0.1, -0.05) is 0 Å². The van der Waals surface area contributed by atoms with Gasteiger partial charge in [0, 0.05) is 6.92 Å². The van der Waals surface area contributed by atoms with E-state index in [1.54, 1.807) is 0 Å². The monoisotopic (exact) mass is 390 g/mol. The molecule has 0 aliphatic rings. The number of carboxylic acid groups (broad SMARTS) is 2. The highest BCUT2D eigenvalue weighted by atomic mass is 16.4. The topological polar surface area (TPSA) is 208 Å². The van der Waals surface area contributed by atoms with Gasteiger partial charge >= 0.3 is 11.9 Å². The number of nitrogens with one attached hydrogen (secondary N) is 3. The largest absolute Gasteiger partial charge is 0.481 e. The number of aliphatic hydroxyl groups is 1. The number of carbonyl (C=O) groups is 5. The van der Waals surface area contributed by atoms with Gasteiger partial charge in [-0.25, -0.2) is 4.79 Å². The number of carboxylic acids is 2. The van der Waals surface area contributed by atoms with E-state index in [1.165, 1.54) is 0 Å². The molecule has 0 rings (SSSR count). The maximum Gasteiger partial charge on any atom is 0.326 e. The molecule has 0 aromatic rings. The lowest BCUT2D eigenvalue weighted by molar-refractivity contribution is -0.143. The van der Waals surface area contributed by atoms with E-state index in [-0.39, 0.29) is 6.42 Å². The first-order valence-electron chi connectivity index (χ1n) is 8.25. The number of nitrogens with two attached hydrogens (primary N) is 1. The van der Waals surface area contributed by atoms with Gasteiger partial charge in [0.15, 0.2) is 0 Å². The molecule has 3 amide bonds. The second-order valence-corrected chi connectivity index (χ2v) is 5.78. The van der Waals surface area contributed by atoms with Crippen LogP contribution < -0.4 is 21.7 Å². The molecule has 12 heteroatoms. The Morgan fingerprint density at radius 1 is 0.889 bits per heavy atom. The zero-order chi connectivity index (χ0) is 21.0. The molecule has 12 nitrogen and oxygen atoms in total. The number of hydrogen-bond donors (Lipinski definition) is 7. The standard InChI is InChI=1S/C15H26N4O8/c1-8(21)17-11(7-20)14(25)19-10(6-12(22)23)13(24)18-9(15(26)27)4-2-3-5-16/h9-11,20H,2-7,16H2,1H3,(H,17,21)(H,18,24)(H,19,25)(H,22,23)(H,26,27). The molecule has 0 heterocycles. The Kier molecular flexibility index (Phi) is 11.3. The minimum atomic E-state index is -1.59. The third-order valence-electron chi connectivity index (χ3n) is 3.45. The Morgan fingerprint density at radius 2 is 1.44 bits per heavy atom. The summed E-state index contributed by atoms with van der Waals surface area (Å²) in [4.78, 5) is 57.5. The van der Waals surface area contributed by atoms with Gasteiger partial charge < -0.3 is 37.0 Å². The van der Waals surface area contributed by atoms with Gasteiger partial charge in [0.25, 0.3) is 0 Å². The lowest BCUT2D eigenvalue weighted by Crippen LogP contribution is -2.56. The van der Waals surface area contributed by atoms with Crippen molar-refractivity contribution in [2.45, 2.75) is 50.7 Å². The van der Waals surface area contributed by atoms with Crippen molar-refractivity contribution >= 4 is 29.7 Å². The van der Waals surface area contributed by atoms with Crippen LogP contribution in [0.25, 0.3) is 0 Å². The van der Waals surface area contributed by atoms with Crippen molar-refractivity contribution in [3.8, 4) is 0 Å². The number of aliphatic hydroxyl groups excluding tert-OH is 1. The number of rotatable bonds is 13. The average Bonchev–Trinajstić information content (AvgIpc) is 2.57. The normalized spacial score (nSPS) is 13.7. The smallest absolute Gasteiger partial charge is 0.326 e. The van der Waals surface area contributed by atoms with Crippen molar-refractivity contribution in [1.29, 1.82) is 0 Å². The van der Waals surface area contributed by atoms with Crippen LogP contribution in [-0.4, -0.2) is 76.3 Å². The maximum atomic E-state index is 12.3. The summed E-state index contributed by atoms with van der Waals surface area (Å²) in [5.41, 5.74) is 5.33. The maximum absolute atomic E-state index is 12.3. The Labute approximate surface area is 155 Å². The highest BCUT2D eigenvalue weighted by Crippen LogP contribution is 2.03. The van der Waals surface area contributed by atoms with Crippen LogP contribution in [0.2, 0.25) is 0 Å². The molecule has 0 bridgehead atoms. The predicted molar refractivity (Wildman–Crippen MR) is 91.3 cm³/mol. The van der Waals surface area contributed by atoms with Crippen molar-refractivity contribution in [3.63, 3.8) is 0 Å². The van der Waals surface area contributed by atoms with Gasteiger partial charge in [-0.15, -0.1) is 0 Å². The molecule has 154 valence electrons. The zero-order valence-electron chi connectivity index (χ0n) is 14.9. The fourth-order valence-corrected chi connectivity index (χ4v) is 2.12. The Bertz CT molecular complexity index is 554. The van der Waals surface area contributed by atoms with E-state index < -0.39 is 60.8 Å². The van der Waals surface area contributed by atoms with E-state index in [4.69, 9.17) is 21.1 Å². The molecule has 27 heavy (non-hydrogen) atoms. The van der Waals surface area contributed by atoms with E-state index in [9.17, 15) is 24.0 Å². The first-order valence-corrected chi connectivity index (χ1v) is 8.25. The summed E-state index contributed by atoms with van der Waals surface area (Å²) in [6, 6.07) is -4.25. The summed E-state index contributed by atoms with van der Waals surface area (Å²) < 4.78 is 0. The number of amides is 3. The van der Waals surface area contributed by atoms with Gasteiger partial charge in [0.05, 0.1) is 13.0 Å². The van der Waals surface area contributed by atoms with E-state index in [0.717, 1.165) is 6.92 Å². The van der Waals surface area contributed by atoms with Crippen LogP contribution in [0.4, 0.5) is 0 Å². The van der Waals surface area contributed by atoms with Crippen LogP contribution in [-0.2, 0) is 24.0 Å². The van der Waals surface area contributed by atoms with Gasteiger partial charge in [-0.2, -0.15) is 0 Å². The van der Waals surface area contributed by atoms with Gasteiger partial charge in [-0.3, -0.25) is 19.2 Å². The summed E-state index contributed by atoms with van der Waals surface area (Å²) in [6.45, 7) is 0.684. The summed E-state index contributed by atoms with van der Waals surface area (Å²) in [5, 5.41) is 33.6. The quantitative estimate of drug-likeness (QED) is 0.161. The minimum absolute atomic E-state index is 0.0805. The van der Waals surface area contributed by atoms with E-state index >= 15 is 0 Å². The molecule has 0 spiro atoms. The summed E-state index contributed by atoms with van der Waals surface area (Å²) in [5.74, 6) is -5.33. The Balaban J connectivity index is 5.11. The molecule has 0 aromatic heterocycles. The fourth-order valence-electron chi connectivity index (χ4n) is 2.12. The lowest BCUT2D eigenvalue weighted by atomic mass is 10.1. The Hall–Kier alpha value is -2.73. The Morgan fingerprint density at radius 3 is 1.89 bits per heavy atom. The van der Waals surface area contributed by atoms with Gasteiger partial charge in [-0.05, 0) is 25.8 Å². The fraction of sp³-hybridized carbons (Fsp3) is 0.667. The van der Waals surface area contributed by atoms with Crippen LogP contribution in [0.5, 0.6) is 0 Å². The summed E-state index contributed by atoms with van der Waals surface area (Å²) in [6.07, 6.45) is 0.241. The van der Waals surface area contributed by atoms with Crippen LogP contribution in [0.15, 0.2) is 0 Å². The molecule has 0 radical (unpaired) electrons. The van der Waals surface area contributed by atoms with Crippen LogP contribution in [0.1, 0.15) is 32.6 Å². The van der Waals surface area contributed by atoms with E-state index in [1.807, 2.05) is 0 Å². The molecule has 0 aliphatic heterocycles. The van der Waals surface area contributed by atoms with Crippen LogP contribution >= 0.6 is 0 Å². The van der Waals surface area contributed by atoms with Crippen molar-refractivity contribution in [2.24, 2.45) is 5.73 Å². The highest BCUT2D eigenvalue weighted by molar-refractivity contribution is 5.95. The summed E-state index contributed by atoms with van der Waals surface area (Å²) >= 11 is 0. The van der Waals surface area contributed by atoms with Crippen molar-refractivity contribution in [2.75, 3.05) is 13.2 Å². The van der Waals surface area contributed by atoms with Crippen LogP contribution in [0.3, 0.4) is 0 Å². The van der Waals surface area contributed by atoms with Gasteiger partial charge in [0.2, 0.25) is 17.7 Å². The third-order valence-corrected chi connectivity index (χ3v) is 3.45. The first kappa shape index (κ1) is 24.3. The molecule has 0 aliphatic carbocycles. The SMILES string of the molecule is CC(=O)NC(CO)C(=O)NC(CC(=O)O)C(=O)NC(CCCCN)C(=O)O. The molecular formula is C15H26N4O8. The number of carbonyl (C=O) groups excluding carboxylic acids is 3. The van der Waals surface area contributed by atoms with Crippen molar-refractivity contribution < 1.29 is 39.3 Å². The second kappa shape index (κ2) is 12.6. The van der Waals surface area contributed by atoms with Crippen molar-refractivity contribution in [1.82, 2.24) is 16.0 Å². The molecule has 0 saturated heterocycles. The molecule has 8 N–H and O–H groups in total. The zero-order valence-corrected chi connectivity index (χ0v) is 14.9. The minimum Gasteiger partial charge on any atom is -0.481 e. The number of aliphatic carboxylic acids is 2. The second-order valence-electron chi connectivity index (χ2n) is 5.78. The van der Waals surface area contributed by atoms with Crippen molar-refractivity contribution in [3.05, 3.63) is 0 Å². The van der Waals surface area contributed by atoms with Gasteiger partial charge in [0.1, 0.15) is 18.1 Å². The highest BCUT2D eigenvalue weighted by Gasteiger charge is 2.30. The van der Waals surface area contributed by atoms with Crippen LogP contribution in [0, 0.1) is 0 Å². The molecule has 3 atom stereocenters. The molecule has 0 saturated carbocycles. The van der Waals surface area contributed by atoms with E-state index in [0.29, 0.717) is 19.4 Å². The first-order chi connectivity index (χ1) is 12.6. The van der Waals surface area contributed by atoms with E-state index in [2.05, 4.69) is 16.0 Å². The summed E-state index contributed by atoms with van der Waals surface area (Å²) in [7, 11) is 0. The molecular weight excluding hydrogens is 364 g/mol. The predicted octanol–water partition coefficient (Wildman–Crippen LogP) is -2.86. The molecule has 0 fully saturated rings. The number of unbranched alkanes of at least 4 members (excludes halogenated alkanes) is 1. The third kappa shape index (κ3) is 10.1.